The van der Waals surface area contributed by atoms with Gasteiger partial charge < -0.3 is 10.4 Å². The standard InChI is InChI=1S/C12H15ClN4O3/c13-11-10(17(19)20)12(15-5-14-11)16-9-4-6-3-8(6)7(9)1-2-18/h5-9,18H,1-4H2,(H,14,15,16)/t6-,7-,8-,9+/m0/s1. The average Bonchev–Trinajstić information content (AvgIpc) is 3.07. The van der Waals surface area contributed by atoms with E-state index in [1.165, 1.54) is 12.7 Å². The van der Waals surface area contributed by atoms with Gasteiger partial charge >= 0.3 is 5.69 Å². The topological polar surface area (TPSA) is 101 Å². The van der Waals surface area contributed by atoms with Gasteiger partial charge in [-0.15, -0.1) is 0 Å². The number of nitro groups is 1. The van der Waals surface area contributed by atoms with E-state index in [2.05, 4.69) is 15.3 Å². The molecule has 20 heavy (non-hydrogen) atoms. The molecular formula is C12H15ClN4O3. The molecule has 0 amide bonds. The fraction of sp³-hybridized carbons (Fsp3) is 0.667. The third kappa shape index (κ3) is 2.31. The Balaban J connectivity index is 1.81. The minimum Gasteiger partial charge on any atom is -0.396 e. The maximum Gasteiger partial charge on any atom is 0.348 e. The molecule has 1 heterocycles. The molecule has 0 aromatic carbocycles. The van der Waals surface area contributed by atoms with Crippen molar-refractivity contribution in [3.63, 3.8) is 0 Å². The van der Waals surface area contributed by atoms with Gasteiger partial charge in [-0.3, -0.25) is 10.1 Å². The first-order chi connectivity index (χ1) is 9.61. The number of aliphatic hydroxyl groups excluding tert-OH is 1. The number of aliphatic hydroxyl groups is 1. The van der Waals surface area contributed by atoms with Crippen LogP contribution in [0.1, 0.15) is 19.3 Å². The van der Waals surface area contributed by atoms with Crippen LogP contribution in [0, 0.1) is 27.9 Å². The van der Waals surface area contributed by atoms with Crippen molar-refractivity contribution in [3.8, 4) is 0 Å². The van der Waals surface area contributed by atoms with Crippen molar-refractivity contribution in [2.24, 2.45) is 17.8 Å². The number of halogens is 1. The van der Waals surface area contributed by atoms with Crippen LogP contribution < -0.4 is 5.32 Å². The number of hydrogen-bond donors (Lipinski definition) is 2. The zero-order chi connectivity index (χ0) is 14.3. The van der Waals surface area contributed by atoms with E-state index in [0.29, 0.717) is 24.2 Å². The molecule has 0 saturated heterocycles. The molecule has 108 valence electrons. The summed E-state index contributed by atoms with van der Waals surface area (Å²) in [6.07, 6.45) is 4.10. The first-order valence-corrected chi connectivity index (χ1v) is 7.02. The zero-order valence-electron chi connectivity index (χ0n) is 10.7. The molecule has 0 spiro atoms. The van der Waals surface area contributed by atoms with Crippen LogP contribution in [-0.4, -0.2) is 32.6 Å². The monoisotopic (exact) mass is 298 g/mol. The van der Waals surface area contributed by atoms with Gasteiger partial charge in [0.15, 0.2) is 0 Å². The highest BCUT2D eigenvalue weighted by Crippen LogP contribution is 2.57. The van der Waals surface area contributed by atoms with Crippen LogP contribution in [-0.2, 0) is 0 Å². The maximum absolute atomic E-state index is 11.1. The van der Waals surface area contributed by atoms with E-state index in [-0.39, 0.29) is 29.3 Å². The lowest BCUT2D eigenvalue weighted by molar-refractivity contribution is -0.384. The van der Waals surface area contributed by atoms with Gasteiger partial charge in [-0.1, -0.05) is 11.6 Å². The predicted octanol–water partition coefficient (Wildman–Crippen LogP) is 1.86. The highest BCUT2D eigenvalue weighted by Gasteiger charge is 2.53. The Labute approximate surface area is 120 Å². The van der Waals surface area contributed by atoms with Crippen LogP contribution in [0.2, 0.25) is 5.15 Å². The number of hydrogen-bond acceptors (Lipinski definition) is 6. The summed E-state index contributed by atoms with van der Waals surface area (Å²) in [6.45, 7) is 0.138. The fourth-order valence-corrected chi connectivity index (χ4v) is 3.60. The fourth-order valence-electron chi connectivity index (χ4n) is 3.40. The highest BCUT2D eigenvalue weighted by molar-refractivity contribution is 6.31. The van der Waals surface area contributed by atoms with Crippen molar-refractivity contribution < 1.29 is 10.0 Å². The lowest BCUT2D eigenvalue weighted by Crippen LogP contribution is -2.28. The number of nitrogens with zero attached hydrogens (tertiary/aromatic N) is 3. The van der Waals surface area contributed by atoms with Gasteiger partial charge in [-0.2, -0.15) is 0 Å². The largest absolute Gasteiger partial charge is 0.396 e. The van der Waals surface area contributed by atoms with Gasteiger partial charge in [0.05, 0.1) is 4.92 Å². The molecule has 2 aliphatic rings. The van der Waals surface area contributed by atoms with Crippen molar-refractivity contribution in [3.05, 3.63) is 21.6 Å². The van der Waals surface area contributed by atoms with E-state index in [1.54, 1.807) is 0 Å². The molecule has 7 nitrogen and oxygen atoms in total. The molecule has 4 atom stereocenters. The minimum absolute atomic E-state index is 0.107. The smallest absolute Gasteiger partial charge is 0.348 e. The molecule has 0 unspecified atom stereocenters. The molecular weight excluding hydrogens is 284 g/mol. The van der Waals surface area contributed by atoms with Gasteiger partial charge in [-0.05, 0) is 37.0 Å². The molecule has 2 fully saturated rings. The summed E-state index contributed by atoms with van der Waals surface area (Å²) in [5, 5.41) is 23.2. The third-order valence-corrected chi connectivity index (χ3v) is 4.62. The quantitative estimate of drug-likeness (QED) is 0.489. The molecule has 1 aromatic rings. The summed E-state index contributed by atoms with van der Waals surface area (Å²) in [6, 6.07) is 0.107. The van der Waals surface area contributed by atoms with Crippen molar-refractivity contribution in [1.29, 1.82) is 0 Å². The molecule has 3 rings (SSSR count). The normalized spacial score (nSPS) is 30.9. The number of aromatic nitrogens is 2. The van der Waals surface area contributed by atoms with E-state index in [9.17, 15) is 10.1 Å². The van der Waals surface area contributed by atoms with E-state index >= 15 is 0 Å². The predicted molar refractivity (Wildman–Crippen MR) is 72.5 cm³/mol. The minimum atomic E-state index is -0.568. The molecule has 1 aromatic heterocycles. The first kappa shape index (κ1) is 13.5. The van der Waals surface area contributed by atoms with Crippen LogP contribution >= 0.6 is 11.6 Å². The lowest BCUT2D eigenvalue weighted by atomic mass is 9.95. The van der Waals surface area contributed by atoms with E-state index in [4.69, 9.17) is 16.7 Å². The van der Waals surface area contributed by atoms with E-state index < -0.39 is 4.92 Å². The average molecular weight is 299 g/mol. The number of nitrogens with one attached hydrogen (secondary N) is 1. The second-order valence-electron chi connectivity index (χ2n) is 5.44. The number of fused-ring (bicyclic) bond motifs is 1. The maximum atomic E-state index is 11.1. The summed E-state index contributed by atoms with van der Waals surface area (Å²) in [5.41, 5.74) is -0.280. The Kier molecular flexibility index (Phi) is 3.47. The summed E-state index contributed by atoms with van der Waals surface area (Å²) in [5.74, 6) is 1.83. The number of rotatable bonds is 5. The van der Waals surface area contributed by atoms with Gasteiger partial charge in [0.25, 0.3) is 0 Å². The van der Waals surface area contributed by atoms with E-state index in [0.717, 1.165) is 6.42 Å². The van der Waals surface area contributed by atoms with Crippen LogP contribution in [0.15, 0.2) is 6.33 Å². The molecule has 0 bridgehead atoms. The Morgan fingerprint density at radius 1 is 1.50 bits per heavy atom. The molecule has 0 aliphatic heterocycles. The van der Waals surface area contributed by atoms with Crippen LogP contribution in [0.25, 0.3) is 0 Å². The Bertz CT molecular complexity index is 541. The lowest BCUT2D eigenvalue weighted by Gasteiger charge is -2.23. The molecule has 2 N–H and O–H groups in total. The molecule has 8 heteroatoms. The zero-order valence-corrected chi connectivity index (χ0v) is 11.5. The van der Waals surface area contributed by atoms with Gasteiger partial charge in [0, 0.05) is 12.6 Å². The van der Waals surface area contributed by atoms with Crippen LogP contribution in [0.5, 0.6) is 0 Å². The Hall–Kier alpha value is -1.47. The Morgan fingerprint density at radius 3 is 3.00 bits per heavy atom. The summed E-state index contributed by atoms with van der Waals surface area (Å²) < 4.78 is 0. The molecule has 0 radical (unpaired) electrons. The van der Waals surface area contributed by atoms with Gasteiger partial charge in [0.2, 0.25) is 11.0 Å². The molecule has 2 saturated carbocycles. The van der Waals surface area contributed by atoms with Gasteiger partial charge in [0.1, 0.15) is 6.33 Å². The van der Waals surface area contributed by atoms with Crippen LogP contribution in [0.3, 0.4) is 0 Å². The highest BCUT2D eigenvalue weighted by atomic mass is 35.5. The third-order valence-electron chi connectivity index (χ3n) is 4.35. The van der Waals surface area contributed by atoms with Crippen LogP contribution in [0.4, 0.5) is 11.5 Å². The second-order valence-corrected chi connectivity index (χ2v) is 5.80. The second kappa shape index (κ2) is 5.14. The summed E-state index contributed by atoms with van der Waals surface area (Å²) in [4.78, 5) is 18.1. The van der Waals surface area contributed by atoms with Gasteiger partial charge in [-0.25, -0.2) is 9.97 Å². The first-order valence-electron chi connectivity index (χ1n) is 6.64. The van der Waals surface area contributed by atoms with Crippen molar-refractivity contribution >= 4 is 23.1 Å². The molecule has 2 aliphatic carbocycles. The van der Waals surface area contributed by atoms with Crippen molar-refractivity contribution in [2.45, 2.75) is 25.3 Å². The van der Waals surface area contributed by atoms with Crippen molar-refractivity contribution in [1.82, 2.24) is 9.97 Å². The number of anilines is 1. The summed E-state index contributed by atoms with van der Waals surface area (Å²) >= 11 is 5.77. The Morgan fingerprint density at radius 2 is 2.30 bits per heavy atom. The van der Waals surface area contributed by atoms with E-state index in [1.807, 2.05) is 0 Å². The summed E-state index contributed by atoms with van der Waals surface area (Å²) in [7, 11) is 0. The SMILES string of the molecule is O=[N+]([O-])c1c(Cl)ncnc1N[C@@H]1C[C@@H]2C[C@@H]2[C@@H]1CCO. The van der Waals surface area contributed by atoms with Crippen molar-refractivity contribution in [2.75, 3.05) is 11.9 Å².